The maximum atomic E-state index is 12.7. The van der Waals surface area contributed by atoms with Gasteiger partial charge in [0, 0.05) is 17.1 Å². The van der Waals surface area contributed by atoms with Gasteiger partial charge in [0.2, 0.25) is 0 Å². The van der Waals surface area contributed by atoms with Gasteiger partial charge in [-0.1, -0.05) is 35.9 Å². The van der Waals surface area contributed by atoms with Gasteiger partial charge in [0.15, 0.2) is 0 Å². The number of anilines is 2. The quantitative estimate of drug-likeness (QED) is 0.584. The number of nitrogens with one attached hydrogen (secondary N) is 1. The average Bonchev–Trinajstić information content (AvgIpc) is 2.71. The maximum absolute atomic E-state index is 12.7. The Labute approximate surface area is 175 Å². The highest BCUT2D eigenvalue weighted by atomic mass is 35.5. The summed E-state index contributed by atoms with van der Waals surface area (Å²) < 4.78 is 38.1. The summed E-state index contributed by atoms with van der Waals surface area (Å²) in [5, 5.41) is 22.6. The molecule has 0 spiro atoms. The standard InChI is InChI=1S/C21H13ClF3N5/c22-15-3-1-2-13(8-15)18-16(9-26)19(28)30-20(17(18)10-27)29-11-12-4-6-14(7-5-12)21(23,24)25/h1-8H,11H2,(H3,28,29,30). The second-order valence-corrected chi connectivity index (χ2v) is 6.69. The van der Waals surface area contributed by atoms with E-state index < -0.39 is 11.7 Å². The zero-order valence-electron chi connectivity index (χ0n) is 15.3. The van der Waals surface area contributed by atoms with Gasteiger partial charge < -0.3 is 11.1 Å². The van der Waals surface area contributed by atoms with Gasteiger partial charge in [-0.2, -0.15) is 23.7 Å². The molecular formula is C21H13ClF3N5. The summed E-state index contributed by atoms with van der Waals surface area (Å²) >= 11 is 6.04. The molecule has 0 unspecified atom stereocenters. The molecule has 1 heterocycles. The lowest BCUT2D eigenvalue weighted by molar-refractivity contribution is -0.137. The minimum atomic E-state index is -4.42. The highest BCUT2D eigenvalue weighted by Crippen LogP contribution is 2.35. The average molecular weight is 428 g/mol. The van der Waals surface area contributed by atoms with Crippen LogP contribution in [0.1, 0.15) is 22.3 Å². The number of nitrogens with two attached hydrogens (primary N) is 1. The number of hydrogen-bond donors (Lipinski definition) is 2. The van der Waals surface area contributed by atoms with Crippen molar-refractivity contribution in [2.24, 2.45) is 0 Å². The van der Waals surface area contributed by atoms with E-state index >= 15 is 0 Å². The second-order valence-electron chi connectivity index (χ2n) is 6.25. The Bertz CT molecular complexity index is 1180. The Balaban J connectivity index is 2.00. The van der Waals surface area contributed by atoms with Crippen molar-refractivity contribution in [2.75, 3.05) is 11.1 Å². The molecule has 30 heavy (non-hydrogen) atoms. The zero-order valence-corrected chi connectivity index (χ0v) is 16.0. The first-order chi connectivity index (χ1) is 14.2. The zero-order chi connectivity index (χ0) is 21.9. The number of pyridine rings is 1. The third kappa shape index (κ3) is 4.29. The molecule has 2 aromatic carbocycles. The molecule has 5 nitrogen and oxygen atoms in total. The van der Waals surface area contributed by atoms with E-state index in [1.54, 1.807) is 24.3 Å². The summed E-state index contributed by atoms with van der Waals surface area (Å²) in [6.07, 6.45) is -4.42. The second kappa shape index (κ2) is 8.32. The molecule has 0 amide bonds. The van der Waals surface area contributed by atoms with Crippen LogP contribution in [0.2, 0.25) is 5.02 Å². The van der Waals surface area contributed by atoms with E-state index in [-0.39, 0.29) is 34.9 Å². The number of hydrogen-bond acceptors (Lipinski definition) is 5. The minimum Gasteiger partial charge on any atom is -0.383 e. The molecule has 150 valence electrons. The Morgan fingerprint density at radius 1 is 1.03 bits per heavy atom. The predicted octanol–water partition coefficient (Wildman–Crippen LogP) is 5.36. The van der Waals surface area contributed by atoms with Crippen LogP contribution in [0.15, 0.2) is 48.5 Å². The first kappa shape index (κ1) is 21.0. The number of rotatable bonds is 4. The van der Waals surface area contributed by atoms with E-state index in [2.05, 4.69) is 10.3 Å². The number of nitrogens with zero attached hydrogens (tertiary/aromatic N) is 3. The molecule has 0 bridgehead atoms. The maximum Gasteiger partial charge on any atom is 0.416 e. The molecule has 3 aromatic rings. The fourth-order valence-electron chi connectivity index (χ4n) is 2.88. The molecule has 0 fully saturated rings. The summed E-state index contributed by atoms with van der Waals surface area (Å²) in [4.78, 5) is 4.10. The fraction of sp³-hybridized carbons (Fsp3) is 0.0952. The van der Waals surface area contributed by atoms with Crippen LogP contribution in [0.25, 0.3) is 11.1 Å². The van der Waals surface area contributed by atoms with E-state index in [0.717, 1.165) is 12.1 Å². The van der Waals surface area contributed by atoms with Crippen molar-refractivity contribution in [3.63, 3.8) is 0 Å². The van der Waals surface area contributed by atoms with E-state index in [0.29, 0.717) is 16.1 Å². The Kier molecular flexibility index (Phi) is 5.81. The van der Waals surface area contributed by atoms with Gasteiger partial charge in [-0.05, 0) is 35.4 Å². The van der Waals surface area contributed by atoms with Gasteiger partial charge in [0.1, 0.15) is 34.9 Å². The lowest BCUT2D eigenvalue weighted by Crippen LogP contribution is -2.09. The minimum absolute atomic E-state index is 0.0360. The van der Waals surface area contributed by atoms with Crippen LogP contribution in [0.5, 0.6) is 0 Å². The molecule has 9 heteroatoms. The third-order valence-corrected chi connectivity index (χ3v) is 4.54. The van der Waals surface area contributed by atoms with Crippen LogP contribution >= 0.6 is 11.6 Å². The molecule has 0 saturated heterocycles. The van der Waals surface area contributed by atoms with Crippen LogP contribution in [-0.2, 0) is 12.7 Å². The first-order valence-electron chi connectivity index (χ1n) is 8.54. The Morgan fingerprint density at radius 3 is 2.27 bits per heavy atom. The van der Waals surface area contributed by atoms with Gasteiger partial charge in [0.25, 0.3) is 0 Å². The topological polar surface area (TPSA) is 98.5 Å². The smallest absolute Gasteiger partial charge is 0.383 e. The molecule has 0 aliphatic heterocycles. The molecule has 3 N–H and O–H groups in total. The predicted molar refractivity (Wildman–Crippen MR) is 107 cm³/mol. The van der Waals surface area contributed by atoms with Crippen molar-refractivity contribution in [3.05, 3.63) is 75.8 Å². The van der Waals surface area contributed by atoms with Crippen LogP contribution in [0.3, 0.4) is 0 Å². The molecule has 1 aromatic heterocycles. The summed E-state index contributed by atoms with van der Waals surface area (Å²) in [5.41, 5.74) is 6.63. The molecule has 0 saturated carbocycles. The molecule has 0 aliphatic carbocycles. The van der Waals surface area contributed by atoms with Crippen molar-refractivity contribution in [1.82, 2.24) is 4.98 Å². The normalized spacial score (nSPS) is 10.9. The number of aromatic nitrogens is 1. The van der Waals surface area contributed by atoms with Crippen LogP contribution in [0, 0.1) is 22.7 Å². The van der Waals surface area contributed by atoms with E-state index in [4.69, 9.17) is 17.3 Å². The number of halogens is 4. The number of benzene rings is 2. The van der Waals surface area contributed by atoms with Crippen LogP contribution in [0.4, 0.5) is 24.8 Å². The molecule has 3 rings (SSSR count). The first-order valence-corrected chi connectivity index (χ1v) is 8.92. The SMILES string of the molecule is N#Cc1c(N)nc(NCc2ccc(C(F)(F)F)cc2)c(C#N)c1-c1cccc(Cl)c1. The van der Waals surface area contributed by atoms with Gasteiger partial charge in [-0.25, -0.2) is 4.98 Å². The number of alkyl halides is 3. The summed E-state index contributed by atoms with van der Waals surface area (Å²) in [6.45, 7) is 0.0974. The lowest BCUT2D eigenvalue weighted by atomic mass is 9.96. The monoisotopic (exact) mass is 427 g/mol. The summed E-state index contributed by atoms with van der Waals surface area (Å²) in [5.74, 6) is 0.0327. The van der Waals surface area contributed by atoms with Gasteiger partial charge in [-0.15, -0.1) is 0 Å². The van der Waals surface area contributed by atoms with Crippen LogP contribution < -0.4 is 11.1 Å². The lowest BCUT2D eigenvalue weighted by Gasteiger charge is -2.15. The van der Waals surface area contributed by atoms with Crippen molar-refractivity contribution in [3.8, 4) is 23.3 Å². The molecule has 0 atom stereocenters. The number of nitrogen functional groups attached to an aromatic ring is 1. The molecule has 0 radical (unpaired) electrons. The van der Waals surface area contributed by atoms with Crippen molar-refractivity contribution in [2.45, 2.75) is 12.7 Å². The van der Waals surface area contributed by atoms with Crippen molar-refractivity contribution < 1.29 is 13.2 Å². The number of nitriles is 2. The van der Waals surface area contributed by atoms with E-state index in [1.807, 2.05) is 12.1 Å². The van der Waals surface area contributed by atoms with Crippen molar-refractivity contribution in [1.29, 1.82) is 10.5 Å². The summed E-state index contributed by atoms with van der Waals surface area (Å²) in [7, 11) is 0. The van der Waals surface area contributed by atoms with E-state index in [9.17, 15) is 23.7 Å². The summed E-state index contributed by atoms with van der Waals surface area (Å²) in [6, 6.07) is 15.2. The van der Waals surface area contributed by atoms with E-state index in [1.165, 1.54) is 12.1 Å². The van der Waals surface area contributed by atoms with Crippen molar-refractivity contribution >= 4 is 23.2 Å². The largest absolute Gasteiger partial charge is 0.416 e. The van der Waals surface area contributed by atoms with Gasteiger partial charge in [0.05, 0.1) is 5.56 Å². The molecule has 0 aliphatic rings. The van der Waals surface area contributed by atoms with Gasteiger partial charge >= 0.3 is 6.18 Å². The Hall–Kier alpha value is -3.75. The molecular weight excluding hydrogens is 415 g/mol. The third-order valence-electron chi connectivity index (χ3n) is 4.30. The Morgan fingerprint density at radius 2 is 1.70 bits per heavy atom. The highest BCUT2D eigenvalue weighted by Gasteiger charge is 2.30. The van der Waals surface area contributed by atoms with Crippen LogP contribution in [-0.4, -0.2) is 4.98 Å². The fourth-order valence-corrected chi connectivity index (χ4v) is 3.07. The van der Waals surface area contributed by atoms with Gasteiger partial charge in [-0.3, -0.25) is 0 Å². The highest BCUT2D eigenvalue weighted by molar-refractivity contribution is 6.30.